The summed E-state index contributed by atoms with van der Waals surface area (Å²) in [5.41, 5.74) is 2.48. The summed E-state index contributed by atoms with van der Waals surface area (Å²) < 4.78 is 46.4. The zero-order chi connectivity index (χ0) is 27.6. The van der Waals surface area contributed by atoms with E-state index >= 15 is 0 Å². The third-order valence-electron chi connectivity index (χ3n) is 8.19. The van der Waals surface area contributed by atoms with Crippen LogP contribution >= 0.6 is 0 Å². The van der Waals surface area contributed by atoms with Crippen LogP contribution in [0.3, 0.4) is 0 Å². The number of carbonyl (C=O) groups is 2. The van der Waals surface area contributed by atoms with Gasteiger partial charge in [-0.25, -0.2) is 0 Å². The van der Waals surface area contributed by atoms with Crippen molar-refractivity contribution >= 4 is 11.9 Å². The van der Waals surface area contributed by atoms with Gasteiger partial charge in [-0.2, -0.15) is 0 Å². The smallest absolute Gasteiger partial charge is 0.309 e. The molecule has 2 aromatic carbocycles. The van der Waals surface area contributed by atoms with E-state index in [4.69, 9.17) is 37.9 Å². The second-order valence-corrected chi connectivity index (χ2v) is 10.5. The van der Waals surface area contributed by atoms with E-state index in [2.05, 4.69) is 0 Å². The van der Waals surface area contributed by atoms with Crippen LogP contribution in [0.25, 0.3) is 11.1 Å². The molecule has 0 spiro atoms. The van der Waals surface area contributed by atoms with Gasteiger partial charge >= 0.3 is 11.9 Å². The first-order valence-corrected chi connectivity index (χ1v) is 13.9. The highest BCUT2D eigenvalue weighted by Crippen LogP contribution is 2.57. The summed E-state index contributed by atoms with van der Waals surface area (Å²) in [5, 5.41) is 0. The standard InChI is InChI=1S/C30H34O10/c1-33-21-11-19(13-35-29(31)17-7-3-4-8-17)23(27-25(21)37-15-39-27)24-20(14-36-30(32)18-9-5-6-10-18)12-22(34-2)26-28(24)40-16-38-26/h11-12,17-18H,3-10,13-16H2,1-2H3. The molecule has 2 aliphatic carbocycles. The maximum atomic E-state index is 12.9. The Morgan fingerprint density at radius 1 is 0.650 bits per heavy atom. The number of carbonyl (C=O) groups excluding carboxylic acids is 2. The van der Waals surface area contributed by atoms with Gasteiger partial charge in [0, 0.05) is 22.3 Å². The van der Waals surface area contributed by atoms with Gasteiger partial charge in [0.2, 0.25) is 25.1 Å². The van der Waals surface area contributed by atoms with Crippen molar-refractivity contribution in [2.75, 3.05) is 27.8 Å². The van der Waals surface area contributed by atoms with Gasteiger partial charge < -0.3 is 37.9 Å². The molecule has 0 amide bonds. The molecule has 214 valence electrons. The van der Waals surface area contributed by atoms with Crippen molar-refractivity contribution in [3.8, 4) is 45.6 Å². The van der Waals surface area contributed by atoms with Crippen molar-refractivity contribution in [3.63, 3.8) is 0 Å². The van der Waals surface area contributed by atoms with E-state index in [0.717, 1.165) is 51.4 Å². The van der Waals surface area contributed by atoms with E-state index in [9.17, 15) is 9.59 Å². The fourth-order valence-electron chi connectivity index (χ4n) is 6.11. The van der Waals surface area contributed by atoms with Gasteiger partial charge in [0.25, 0.3) is 0 Å². The van der Waals surface area contributed by atoms with Crippen LogP contribution in [0.1, 0.15) is 62.5 Å². The van der Waals surface area contributed by atoms with Crippen molar-refractivity contribution in [2.45, 2.75) is 64.6 Å². The van der Waals surface area contributed by atoms with Gasteiger partial charge in [0.1, 0.15) is 13.2 Å². The molecule has 2 heterocycles. The molecule has 4 aliphatic rings. The predicted octanol–water partition coefficient (Wildman–Crippen LogP) is 5.30. The molecule has 10 nitrogen and oxygen atoms in total. The Kier molecular flexibility index (Phi) is 7.49. The number of rotatable bonds is 9. The highest BCUT2D eigenvalue weighted by Gasteiger charge is 2.35. The Balaban J connectivity index is 1.44. The average Bonchev–Trinajstić information content (AvgIpc) is 3.80. The first kappa shape index (κ1) is 26.4. The van der Waals surface area contributed by atoms with Crippen LogP contribution in [0.4, 0.5) is 0 Å². The summed E-state index contributed by atoms with van der Waals surface area (Å²) in [5.74, 6) is 2.02. The fourth-order valence-corrected chi connectivity index (χ4v) is 6.11. The molecule has 2 aliphatic heterocycles. The van der Waals surface area contributed by atoms with Crippen LogP contribution in [-0.4, -0.2) is 39.7 Å². The van der Waals surface area contributed by atoms with Crippen molar-refractivity contribution in [1.29, 1.82) is 0 Å². The Morgan fingerprint density at radius 3 is 1.40 bits per heavy atom. The topological polar surface area (TPSA) is 108 Å². The molecular weight excluding hydrogens is 520 g/mol. The summed E-state index contributed by atoms with van der Waals surface area (Å²) >= 11 is 0. The van der Waals surface area contributed by atoms with Crippen molar-refractivity contribution in [3.05, 3.63) is 23.3 Å². The first-order chi connectivity index (χ1) is 19.6. The number of ether oxygens (including phenoxy) is 8. The molecule has 0 saturated heterocycles. The van der Waals surface area contributed by atoms with E-state index in [1.165, 1.54) is 0 Å². The van der Waals surface area contributed by atoms with Crippen LogP contribution in [0.5, 0.6) is 34.5 Å². The zero-order valence-electron chi connectivity index (χ0n) is 22.9. The lowest BCUT2D eigenvalue weighted by atomic mass is 9.92. The number of hydrogen-bond donors (Lipinski definition) is 0. The van der Waals surface area contributed by atoms with Gasteiger partial charge in [-0.05, 0) is 37.8 Å². The van der Waals surface area contributed by atoms with Gasteiger partial charge in [-0.15, -0.1) is 0 Å². The molecule has 0 unspecified atom stereocenters. The quantitative estimate of drug-likeness (QED) is 0.379. The van der Waals surface area contributed by atoms with Crippen LogP contribution in [-0.2, 0) is 32.3 Å². The highest BCUT2D eigenvalue weighted by atomic mass is 16.7. The molecule has 0 aromatic heterocycles. The molecule has 0 radical (unpaired) electrons. The van der Waals surface area contributed by atoms with Crippen molar-refractivity contribution in [1.82, 2.24) is 0 Å². The maximum absolute atomic E-state index is 12.9. The molecule has 0 bridgehead atoms. The lowest BCUT2D eigenvalue weighted by Gasteiger charge is -2.21. The van der Waals surface area contributed by atoms with Gasteiger partial charge in [-0.3, -0.25) is 9.59 Å². The van der Waals surface area contributed by atoms with Gasteiger partial charge in [0.15, 0.2) is 23.0 Å². The van der Waals surface area contributed by atoms with Crippen LogP contribution in [0.15, 0.2) is 12.1 Å². The molecule has 2 saturated carbocycles. The van der Waals surface area contributed by atoms with E-state index in [-0.39, 0.29) is 50.6 Å². The lowest BCUT2D eigenvalue weighted by Crippen LogP contribution is -2.15. The molecule has 6 rings (SSSR count). The normalized spacial score (nSPS) is 17.8. The molecule has 2 aromatic rings. The third kappa shape index (κ3) is 4.84. The summed E-state index contributed by atoms with van der Waals surface area (Å²) in [6, 6.07) is 3.57. The Hall–Kier alpha value is -3.82. The lowest BCUT2D eigenvalue weighted by molar-refractivity contribution is -0.150. The van der Waals surface area contributed by atoms with Crippen LogP contribution < -0.4 is 28.4 Å². The van der Waals surface area contributed by atoms with Gasteiger partial charge in [-0.1, -0.05) is 25.7 Å². The minimum atomic E-state index is -0.217. The third-order valence-corrected chi connectivity index (χ3v) is 8.19. The van der Waals surface area contributed by atoms with Crippen LogP contribution in [0.2, 0.25) is 0 Å². The number of benzene rings is 2. The predicted molar refractivity (Wildman–Crippen MR) is 141 cm³/mol. The van der Waals surface area contributed by atoms with Crippen molar-refractivity contribution in [2.24, 2.45) is 11.8 Å². The van der Waals surface area contributed by atoms with E-state index in [1.807, 2.05) is 0 Å². The van der Waals surface area contributed by atoms with Crippen LogP contribution in [0, 0.1) is 11.8 Å². The van der Waals surface area contributed by atoms with E-state index < -0.39 is 0 Å². The Labute approximate surface area is 232 Å². The first-order valence-electron chi connectivity index (χ1n) is 13.9. The highest BCUT2D eigenvalue weighted by molar-refractivity contribution is 5.89. The largest absolute Gasteiger partial charge is 0.493 e. The minimum Gasteiger partial charge on any atom is -0.493 e. The van der Waals surface area contributed by atoms with E-state index in [1.54, 1.807) is 26.4 Å². The second kappa shape index (κ2) is 11.3. The molecule has 0 atom stereocenters. The number of fused-ring (bicyclic) bond motifs is 2. The maximum Gasteiger partial charge on any atom is 0.309 e. The number of esters is 2. The number of methoxy groups -OCH3 is 2. The molecule has 10 heteroatoms. The SMILES string of the molecule is COc1cc(COC(=O)C2CCCC2)c(-c2c(COC(=O)C3CCCC3)cc(OC)c3c2OCO3)c2c1OCO2. The fraction of sp³-hybridized carbons (Fsp3) is 0.533. The molecular formula is C30H34O10. The summed E-state index contributed by atoms with van der Waals surface area (Å²) in [6.07, 6.45) is 7.46. The molecule has 40 heavy (non-hydrogen) atoms. The Bertz CT molecular complexity index is 1190. The van der Waals surface area contributed by atoms with E-state index in [0.29, 0.717) is 56.8 Å². The number of hydrogen-bond acceptors (Lipinski definition) is 10. The molecule has 0 N–H and O–H groups in total. The molecule has 2 fully saturated rings. The van der Waals surface area contributed by atoms with Crippen molar-refractivity contribution < 1.29 is 47.5 Å². The monoisotopic (exact) mass is 554 g/mol. The Morgan fingerprint density at radius 2 is 1.02 bits per heavy atom. The zero-order valence-corrected chi connectivity index (χ0v) is 22.9. The summed E-state index contributed by atoms with van der Waals surface area (Å²) in [6.45, 7) is -0.0430. The average molecular weight is 555 g/mol. The minimum absolute atomic E-state index is 0.00822. The second-order valence-electron chi connectivity index (χ2n) is 10.5. The summed E-state index contributed by atoms with van der Waals surface area (Å²) in [4.78, 5) is 25.7. The van der Waals surface area contributed by atoms with Gasteiger partial charge in [0.05, 0.1) is 26.1 Å². The summed E-state index contributed by atoms with van der Waals surface area (Å²) in [7, 11) is 3.09.